The van der Waals surface area contributed by atoms with Crippen molar-refractivity contribution in [1.82, 2.24) is 20.0 Å². The van der Waals surface area contributed by atoms with Gasteiger partial charge in [-0.3, -0.25) is 10.1 Å². The number of nitrogens with one attached hydrogen (secondary N) is 3. The predicted octanol–water partition coefficient (Wildman–Crippen LogP) is 5.71. The first-order chi connectivity index (χ1) is 19.2. The maximum Gasteiger partial charge on any atom is 0.324 e. The van der Waals surface area contributed by atoms with Crippen LogP contribution in [0.5, 0.6) is 0 Å². The first-order valence-electron chi connectivity index (χ1n) is 13.7. The first kappa shape index (κ1) is 25.8. The van der Waals surface area contributed by atoms with Gasteiger partial charge >= 0.3 is 6.03 Å². The van der Waals surface area contributed by atoms with E-state index in [9.17, 15) is 9.59 Å². The Labute approximate surface area is 234 Å². The van der Waals surface area contributed by atoms with Crippen LogP contribution in [0.15, 0.2) is 66.7 Å². The van der Waals surface area contributed by atoms with E-state index in [4.69, 9.17) is 5.10 Å². The molecule has 0 aliphatic carbocycles. The van der Waals surface area contributed by atoms with Crippen LogP contribution in [-0.2, 0) is 24.9 Å². The lowest BCUT2D eigenvalue weighted by Gasteiger charge is -2.25. The number of urea groups is 1. The van der Waals surface area contributed by atoms with Gasteiger partial charge in [-0.1, -0.05) is 51.1 Å². The van der Waals surface area contributed by atoms with Gasteiger partial charge in [0, 0.05) is 42.4 Å². The molecule has 2 aliphatic rings. The van der Waals surface area contributed by atoms with Crippen molar-refractivity contribution in [2.45, 2.75) is 45.7 Å². The molecule has 40 heavy (non-hydrogen) atoms. The summed E-state index contributed by atoms with van der Waals surface area (Å²) in [5.41, 5.74) is 8.52. The normalized spacial score (nSPS) is 14.8. The lowest BCUT2D eigenvalue weighted by molar-refractivity contribution is 0.0965. The largest absolute Gasteiger partial charge is 0.348 e. The van der Waals surface area contributed by atoms with Gasteiger partial charge in [0.05, 0.1) is 11.4 Å². The van der Waals surface area contributed by atoms with Crippen LogP contribution in [0.2, 0.25) is 0 Å². The molecule has 8 heteroatoms. The van der Waals surface area contributed by atoms with E-state index >= 15 is 0 Å². The zero-order valence-corrected chi connectivity index (χ0v) is 23.3. The second-order valence-corrected chi connectivity index (χ2v) is 11.7. The van der Waals surface area contributed by atoms with Crippen LogP contribution >= 0.6 is 0 Å². The summed E-state index contributed by atoms with van der Waals surface area (Å²) < 4.78 is 1.82. The van der Waals surface area contributed by atoms with Gasteiger partial charge in [0.2, 0.25) is 0 Å². The Morgan fingerprint density at radius 1 is 0.950 bits per heavy atom. The summed E-state index contributed by atoms with van der Waals surface area (Å²) in [7, 11) is 2.13. The second-order valence-electron chi connectivity index (χ2n) is 11.7. The highest BCUT2D eigenvalue weighted by atomic mass is 16.2. The summed E-state index contributed by atoms with van der Waals surface area (Å²) in [5.74, 6) is 0.552. The molecule has 8 nitrogen and oxygen atoms in total. The minimum Gasteiger partial charge on any atom is -0.348 e. The van der Waals surface area contributed by atoms with Crippen molar-refractivity contribution in [2.24, 2.45) is 0 Å². The topological polar surface area (TPSA) is 91.3 Å². The molecule has 0 bridgehead atoms. The van der Waals surface area contributed by atoms with E-state index in [0.717, 1.165) is 47.6 Å². The molecule has 0 unspecified atom stereocenters. The number of nitrogens with zero attached hydrogens (tertiary/aromatic N) is 3. The molecule has 0 fully saturated rings. The average molecular weight is 535 g/mol. The fraction of sp³-hybridized carbons (Fsp3) is 0.281. The zero-order chi connectivity index (χ0) is 28.0. The fourth-order valence-corrected chi connectivity index (χ4v) is 5.42. The molecular weight excluding hydrogens is 500 g/mol. The molecule has 0 radical (unpaired) electrons. The molecule has 6 rings (SSSR count). The summed E-state index contributed by atoms with van der Waals surface area (Å²) in [6.07, 6.45) is 1.03. The number of carbonyl (C=O) groups excluding carboxylic acids is 2. The van der Waals surface area contributed by atoms with Crippen LogP contribution in [0, 0.1) is 0 Å². The molecular formula is C32H34N6O2. The highest BCUT2D eigenvalue weighted by Crippen LogP contribution is 2.31. The molecule has 2 aliphatic heterocycles. The molecule has 0 spiro atoms. The molecule has 204 valence electrons. The smallest absolute Gasteiger partial charge is 0.324 e. The monoisotopic (exact) mass is 534 g/mol. The average Bonchev–Trinajstić information content (AvgIpc) is 3.52. The Balaban J connectivity index is 1.27. The third-order valence-electron chi connectivity index (χ3n) is 7.63. The highest BCUT2D eigenvalue weighted by molar-refractivity contribution is 6.01. The number of hydrogen-bond donors (Lipinski definition) is 3. The number of benzene rings is 3. The van der Waals surface area contributed by atoms with Gasteiger partial charge in [-0.15, -0.1) is 0 Å². The maximum atomic E-state index is 13.3. The molecule has 0 saturated carbocycles. The van der Waals surface area contributed by atoms with Crippen LogP contribution in [0.25, 0.3) is 16.8 Å². The van der Waals surface area contributed by atoms with Crippen LogP contribution in [-0.4, -0.2) is 40.2 Å². The second kappa shape index (κ2) is 9.95. The summed E-state index contributed by atoms with van der Waals surface area (Å²) in [4.78, 5) is 27.7. The number of likely N-dealkylation sites (N-methyl/N-ethyl adjacent to an activating group) is 1. The van der Waals surface area contributed by atoms with Gasteiger partial charge in [-0.25, -0.2) is 9.48 Å². The Bertz CT molecular complexity index is 1630. The van der Waals surface area contributed by atoms with E-state index in [-0.39, 0.29) is 17.4 Å². The van der Waals surface area contributed by atoms with E-state index in [0.29, 0.717) is 23.6 Å². The predicted molar refractivity (Wildman–Crippen MR) is 158 cm³/mol. The van der Waals surface area contributed by atoms with Gasteiger partial charge in [0.15, 0.2) is 0 Å². The molecule has 3 heterocycles. The molecule has 3 amide bonds. The van der Waals surface area contributed by atoms with E-state index in [1.54, 1.807) is 0 Å². The zero-order valence-electron chi connectivity index (χ0n) is 23.3. The van der Waals surface area contributed by atoms with E-state index in [1.165, 1.54) is 11.1 Å². The number of aromatic nitrogens is 2. The third-order valence-corrected chi connectivity index (χ3v) is 7.63. The lowest BCUT2D eigenvalue weighted by Crippen LogP contribution is -2.26. The molecule has 0 saturated heterocycles. The van der Waals surface area contributed by atoms with Crippen molar-refractivity contribution < 1.29 is 9.59 Å². The van der Waals surface area contributed by atoms with Gasteiger partial charge in [0.1, 0.15) is 5.82 Å². The van der Waals surface area contributed by atoms with Crippen LogP contribution < -0.4 is 16.0 Å². The van der Waals surface area contributed by atoms with E-state index in [2.05, 4.69) is 66.9 Å². The number of rotatable bonds is 4. The van der Waals surface area contributed by atoms with Gasteiger partial charge in [-0.2, -0.15) is 5.10 Å². The summed E-state index contributed by atoms with van der Waals surface area (Å²) in [5, 5.41) is 13.8. The van der Waals surface area contributed by atoms with Crippen molar-refractivity contribution in [1.29, 1.82) is 0 Å². The molecule has 4 aromatic rings. The quantitative estimate of drug-likeness (QED) is 0.313. The number of hydrogen-bond acceptors (Lipinski definition) is 4. The minimum atomic E-state index is -0.355. The fourth-order valence-electron chi connectivity index (χ4n) is 5.42. The van der Waals surface area contributed by atoms with E-state index in [1.807, 2.05) is 53.2 Å². The van der Waals surface area contributed by atoms with Gasteiger partial charge in [0.25, 0.3) is 5.91 Å². The number of amides is 3. The molecule has 0 atom stereocenters. The van der Waals surface area contributed by atoms with Crippen molar-refractivity contribution in [3.8, 4) is 16.8 Å². The lowest BCUT2D eigenvalue weighted by atomic mass is 9.92. The molecule has 3 N–H and O–H groups in total. The maximum absolute atomic E-state index is 13.3. The SMILES string of the molecule is CN1CCc2ccc(-n3nc(C(C)(C)C)cc3NC(=O)Nc3cccc(-c4cccc5c4CNC5=O)c3)cc2C1. The van der Waals surface area contributed by atoms with Gasteiger partial charge < -0.3 is 15.5 Å². The summed E-state index contributed by atoms with van der Waals surface area (Å²) in [6.45, 7) is 8.78. The van der Waals surface area contributed by atoms with E-state index < -0.39 is 0 Å². The minimum absolute atomic E-state index is 0.0531. The van der Waals surface area contributed by atoms with Crippen LogP contribution in [0.1, 0.15) is 53.5 Å². The van der Waals surface area contributed by atoms with Gasteiger partial charge in [-0.05, 0) is 71.6 Å². The van der Waals surface area contributed by atoms with Crippen molar-refractivity contribution >= 4 is 23.4 Å². The van der Waals surface area contributed by atoms with Crippen molar-refractivity contribution in [3.63, 3.8) is 0 Å². The Hall–Kier alpha value is -4.43. The Morgan fingerprint density at radius 2 is 1.75 bits per heavy atom. The first-order valence-corrected chi connectivity index (χ1v) is 13.7. The standard InChI is InChI=1S/C32H34N6O2/c1-32(2,3)28-17-29(38(36-28)24-12-11-20-13-14-37(4)19-22(20)16-24)35-31(40)34-23-8-5-7-21(15-23)25-9-6-10-26-27(25)18-33-30(26)39/h5-12,15-17H,13-14,18-19H2,1-4H3,(H,33,39)(H2,34,35,40). The Kier molecular flexibility index (Phi) is 6.43. The summed E-state index contributed by atoms with van der Waals surface area (Å²) in [6, 6.07) is 21.4. The Morgan fingerprint density at radius 3 is 2.58 bits per heavy atom. The number of carbonyl (C=O) groups is 2. The number of fused-ring (bicyclic) bond motifs is 2. The summed E-state index contributed by atoms with van der Waals surface area (Å²) >= 11 is 0. The van der Waals surface area contributed by atoms with Crippen LogP contribution in [0.3, 0.4) is 0 Å². The third kappa shape index (κ3) is 4.98. The van der Waals surface area contributed by atoms with Crippen molar-refractivity contribution in [3.05, 3.63) is 94.7 Å². The molecule has 3 aromatic carbocycles. The highest BCUT2D eigenvalue weighted by Gasteiger charge is 2.24. The number of anilines is 2. The van der Waals surface area contributed by atoms with Crippen molar-refractivity contribution in [2.75, 3.05) is 24.2 Å². The van der Waals surface area contributed by atoms with Crippen LogP contribution in [0.4, 0.5) is 16.3 Å². The molecule has 1 aromatic heterocycles.